The summed E-state index contributed by atoms with van der Waals surface area (Å²) in [6.07, 6.45) is 1.78. The zero-order valence-corrected chi connectivity index (χ0v) is 15.2. The quantitative estimate of drug-likeness (QED) is 0.508. The van der Waals surface area contributed by atoms with E-state index in [9.17, 15) is 4.39 Å². The van der Waals surface area contributed by atoms with Gasteiger partial charge in [0.1, 0.15) is 28.5 Å². The average Bonchev–Trinajstić information content (AvgIpc) is 3.08. The normalized spacial score (nSPS) is 11.2. The van der Waals surface area contributed by atoms with Crippen molar-refractivity contribution in [3.8, 4) is 11.4 Å². The minimum atomic E-state index is -0.361. The van der Waals surface area contributed by atoms with Gasteiger partial charge in [-0.15, -0.1) is 16.9 Å². The highest BCUT2D eigenvalue weighted by molar-refractivity contribution is 7.98. The van der Waals surface area contributed by atoms with Crippen molar-refractivity contribution < 1.29 is 4.39 Å². The topological polar surface area (TPSA) is 56.5 Å². The molecule has 0 amide bonds. The minimum Gasteiger partial charge on any atom is -0.255 e. The van der Waals surface area contributed by atoms with E-state index in [4.69, 9.17) is 0 Å². The number of nitrogens with zero attached hydrogens (tertiary/aromatic N) is 5. The molecule has 26 heavy (non-hydrogen) atoms. The zero-order valence-electron chi connectivity index (χ0n) is 14.3. The number of halogens is 1. The Morgan fingerprint density at radius 3 is 2.62 bits per heavy atom. The molecule has 130 valence electrons. The van der Waals surface area contributed by atoms with E-state index >= 15 is 0 Å². The number of fused-ring (bicyclic) bond motifs is 1. The molecular weight excluding hydrogens is 349 g/mol. The van der Waals surface area contributed by atoms with Gasteiger partial charge < -0.3 is 0 Å². The predicted molar refractivity (Wildman–Crippen MR) is 100 cm³/mol. The number of aryl methyl sites for hydroxylation is 2. The Bertz CT molecular complexity index is 1080. The standard InChI is InChI=1S/C19H16FN5S/c1-12-21-18-14(20)8-9-16(26-11-13-6-4-3-5-7-13)17(18)19(22-12)15-10-25(2)24-23-15/h3-10H,11H2,1-2H3. The highest BCUT2D eigenvalue weighted by Gasteiger charge is 2.18. The van der Waals surface area contributed by atoms with E-state index in [1.807, 2.05) is 18.2 Å². The summed E-state index contributed by atoms with van der Waals surface area (Å²) in [6.45, 7) is 1.75. The lowest BCUT2D eigenvalue weighted by Gasteiger charge is -2.11. The molecule has 2 heterocycles. The van der Waals surface area contributed by atoms with Gasteiger partial charge in [0.25, 0.3) is 0 Å². The minimum absolute atomic E-state index is 0.316. The lowest BCUT2D eigenvalue weighted by Crippen LogP contribution is -1.98. The van der Waals surface area contributed by atoms with Gasteiger partial charge in [0, 0.05) is 23.1 Å². The third-order valence-corrected chi connectivity index (χ3v) is 5.09. The molecule has 0 fully saturated rings. The Labute approximate surface area is 154 Å². The van der Waals surface area contributed by atoms with Crippen LogP contribution >= 0.6 is 11.8 Å². The maximum atomic E-state index is 14.5. The largest absolute Gasteiger partial charge is 0.255 e. The lowest BCUT2D eigenvalue weighted by atomic mass is 10.1. The second kappa shape index (κ2) is 6.84. The molecule has 0 radical (unpaired) electrons. The van der Waals surface area contributed by atoms with Gasteiger partial charge >= 0.3 is 0 Å². The van der Waals surface area contributed by atoms with Gasteiger partial charge in [0.15, 0.2) is 0 Å². The Morgan fingerprint density at radius 1 is 1.08 bits per heavy atom. The van der Waals surface area contributed by atoms with Crippen molar-refractivity contribution in [1.29, 1.82) is 0 Å². The highest BCUT2D eigenvalue weighted by Crippen LogP contribution is 2.36. The predicted octanol–water partition coefficient (Wildman–Crippen LogP) is 4.17. The summed E-state index contributed by atoms with van der Waals surface area (Å²) in [4.78, 5) is 9.79. The fourth-order valence-electron chi connectivity index (χ4n) is 2.79. The summed E-state index contributed by atoms with van der Waals surface area (Å²) in [7, 11) is 1.79. The van der Waals surface area contributed by atoms with Gasteiger partial charge in [-0.25, -0.2) is 14.4 Å². The first kappa shape index (κ1) is 16.7. The van der Waals surface area contributed by atoms with E-state index < -0.39 is 0 Å². The first-order valence-electron chi connectivity index (χ1n) is 8.12. The van der Waals surface area contributed by atoms with Gasteiger partial charge in [-0.2, -0.15) is 0 Å². The fraction of sp³-hybridized carbons (Fsp3) is 0.158. The van der Waals surface area contributed by atoms with Crippen molar-refractivity contribution in [2.45, 2.75) is 17.6 Å². The van der Waals surface area contributed by atoms with E-state index in [-0.39, 0.29) is 5.82 Å². The number of hydrogen-bond donors (Lipinski definition) is 0. The number of benzene rings is 2. The molecule has 0 spiro atoms. The number of hydrogen-bond acceptors (Lipinski definition) is 5. The van der Waals surface area contributed by atoms with Crippen molar-refractivity contribution >= 4 is 22.7 Å². The van der Waals surface area contributed by atoms with Gasteiger partial charge in [-0.1, -0.05) is 35.5 Å². The molecule has 0 aliphatic carbocycles. The summed E-state index contributed by atoms with van der Waals surface area (Å²) in [5, 5.41) is 8.82. The average molecular weight is 365 g/mol. The summed E-state index contributed by atoms with van der Waals surface area (Å²) in [6, 6.07) is 13.4. The molecule has 4 aromatic rings. The summed E-state index contributed by atoms with van der Waals surface area (Å²) in [5.74, 6) is 0.914. The van der Waals surface area contributed by atoms with Crippen LogP contribution in [0, 0.1) is 12.7 Å². The van der Waals surface area contributed by atoms with Gasteiger partial charge in [0.05, 0.1) is 6.20 Å². The van der Waals surface area contributed by atoms with E-state index in [0.717, 1.165) is 10.6 Å². The highest BCUT2D eigenvalue weighted by atomic mass is 32.2. The Kier molecular flexibility index (Phi) is 4.38. The Hall–Kier alpha value is -2.80. The lowest BCUT2D eigenvalue weighted by molar-refractivity contribution is 0.635. The van der Waals surface area contributed by atoms with Crippen LogP contribution in [0.5, 0.6) is 0 Å². The second-order valence-electron chi connectivity index (χ2n) is 5.94. The molecule has 0 bridgehead atoms. The van der Waals surface area contributed by atoms with Crippen molar-refractivity contribution in [3.05, 3.63) is 65.9 Å². The molecule has 0 saturated carbocycles. The number of aromatic nitrogens is 5. The fourth-order valence-corrected chi connectivity index (χ4v) is 3.80. The molecule has 2 aromatic heterocycles. The van der Waals surface area contributed by atoms with Crippen LogP contribution in [0.3, 0.4) is 0 Å². The maximum absolute atomic E-state index is 14.5. The maximum Gasteiger partial charge on any atom is 0.149 e. The van der Waals surface area contributed by atoms with E-state index in [1.165, 1.54) is 11.6 Å². The van der Waals surface area contributed by atoms with Crippen LogP contribution in [-0.2, 0) is 12.8 Å². The number of thioether (sulfide) groups is 1. The van der Waals surface area contributed by atoms with Crippen molar-refractivity contribution in [2.75, 3.05) is 0 Å². The summed E-state index contributed by atoms with van der Waals surface area (Å²) in [5.41, 5.74) is 2.73. The van der Waals surface area contributed by atoms with Crippen LogP contribution in [0.2, 0.25) is 0 Å². The van der Waals surface area contributed by atoms with Crippen LogP contribution in [0.1, 0.15) is 11.4 Å². The third kappa shape index (κ3) is 3.17. The number of rotatable bonds is 4. The monoisotopic (exact) mass is 365 g/mol. The molecule has 4 rings (SSSR count). The Balaban J connectivity index is 1.86. The molecular formula is C19H16FN5S. The summed E-state index contributed by atoms with van der Waals surface area (Å²) >= 11 is 1.63. The smallest absolute Gasteiger partial charge is 0.149 e. The van der Waals surface area contributed by atoms with Crippen LogP contribution < -0.4 is 0 Å². The van der Waals surface area contributed by atoms with Crippen molar-refractivity contribution in [3.63, 3.8) is 0 Å². The van der Waals surface area contributed by atoms with E-state index in [1.54, 1.807) is 42.7 Å². The Morgan fingerprint density at radius 2 is 1.88 bits per heavy atom. The molecule has 7 heteroatoms. The molecule has 2 aromatic carbocycles. The van der Waals surface area contributed by atoms with Crippen molar-refractivity contribution in [1.82, 2.24) is 25.0 Å². The van der Waals surface area contributed by atoms with Crippen LogP contribution in [0.15, 0.2) is 53.6 Å². The van der Waals surface area contributed by atoms with Gasteiger partial charge in [-0.05, 0) is 24.6 Å². The van der Waals surface area contributed by atoms with E-state index in [0.29, 0.717) is 28.1 Å². The molecule has 0 aliphatic rings. The molecule has 0 unspecified atom stereocenters. The second-order valence-corrected chi connectivity index (χ2v) is 6.96. The molecule has 0 aliphatic heterocycles. The molecule has 0 saturated heterocycles. The molecule has 0 N–H and O–H groups in total. The molecule has 0 atom stereocenters. The van der Waals surface area contributed by atoms with Crippen LogP contribution in [-0.4, -0.2) is 25.0 Å². The van der Waals surface area contributed by atoms with Gasteiger partial charge in [-0.3, -0.25) is 4.68 Å². The SMILES string of the molecule is Cc1nc(-c2cn(C)nn2)c2c(SCc3ccccc3)ccc(F)c2n1. The first-order valence-corrected chi connectivity index (χ1v) is 9.10. The third-order valence-electron chi connectivity index (χ3n) is 3.96. The van der Waals surface area contributed by atoms with Crippen molar-refractivity contribution in [2.24, 2.45) is 7.05 Å². The van der Waals surface area contributed by atoms with Gasteiger partial charge in [0.2, 0.25) is 0 Å². The van der Waals surface area contributed by atoms with Crippen LogP contribution in [0.25, 0.3) is 22.3 Å². The first-order chi connectivity index (χ1) is 12.6. The molecule has 5 nitrogen and oxygen atoms in total. The summed E-state index contributed by atoms with van der Waals surface area (Å²) < 4.78 is 16.1. The van der Waals surface area contributed by atoms with Crippen LogP contribution in [0.4, 0.5) is 4.39 Å². The van der Waals surface area contributed by atoms with E-state index in [2.05, 4.69) is 32.4 Å². The zero-order chi connectivity index (χ0) is 18.1.